The Kier molecular flexibility index (Phi) is 4.04. The van der Waals surface area contributed by atoms with Crippen molar-refractivity contribution in [2.75, 3.05) is 0 Å². The van der Waals surface area contributed by atoms with Gasteiger partial charge in [0.1, 0.15) is 4.36 Å². The van der Waals surface area contributed by atoms with Gasteiger partial charge in [-0.25, -0.2) is 4.21 Å². The fourth-order valence-electron chi connectivity index (χ4n) is 0.870. The molecule has 0 bridgehead atoms. The summed E-state index contributed by atoms with van der Waals surface area (Å²) < 4.78 is 11.7. The van der Waals surface area contributed by atoms with Gasteiger partial charge < -0.3 is 0 Å². The van der Waals surface area contributed by atoms with Gasteiger partial charge in [0, 0.05) is 11.0 Å². The molecule has 14 heavy (non-hydrogen) atoms. The Bertz CT molecular complexity index is 384. The summed E-state index contributed by atoms with van der Waals surface area (Å²) in [4.78, 5) is 11.3. The van der Waals surface area contributed by atoms with E-state index >= 15 is 0 Å². The van der Waals surface area contributed by atoms with Crippen molar-refractivity contribution in [1.82, 2.24) is 0 Å². The van der Waals surface area contributed by atoms with Crippen molar-refractivity contribution < 1.29 is 9.00 Å². The molecule has 0 saturated carbocycles. The van der Waals surface area contributed by atoms with Gasteiger partial charge in [0.2, 0.25) is 0 Å². The molecule has 4 heteroatoms. The fourth-order valence-corrected chi connectivity index (χ4v) is 2.19. The standard InChI is InChI=1S/C10H9ClO2S/c1-8(12)7-10(11)14(13)9-5-3-2-4-6-9/h2-7H,1H3/b10-7+. The molecular weight excluding hydrogens is 220 g/mol. The number of allylic oxidation sites excluding steroid dienone is 1. The fraction of sp³-hybridized carbons (Fsp3) is 0.100. The molecule has 0 N–H and O–H groups in total. The van der Waals surface area contributed by atoms with Crippen molar-refractivity contribution >= 4 is 28.2 Å². The molecule has 0 aliphatic rings. The predicted octanol–water partition coefficient (Wildman–Crippen LogP) is 2.46. The smallest absolute Gasteiger partial charge is 0.154 e. The summed E-state index contributed by atoms with van der Waals surface area (Å²) in [5.41, 5.74) is 0. The molecule has 0 amide bonds. The number of ketones is 1. The summed E-state index contributed by atoms with van der Waals surface area (Å²) in [7, 11) is -1.44. The van der Waals surface area contributed by atoms with Crippen LogP contribution < -0.4 is 0 Å². The zero-order chi connectivity index (χ0) is 10.6. The Morgan fingerprint density at radius 2 is 1.93 bits per heavy atom. The molecule has 1 aromatic carbocycles. The van der Waals surface area contributed by atoms with E-state index in [0.29, 0.717) is 4.90 Å². The molecule has 0 aliphatic carbocycles. The molecule has 0 aliphatic heterocycles. The molecule has 1 rings (SSSR count). The van der Waals surface area contributed by atoms with Crippen LogP contribution in [0.3, 0.4) is 0 Å². The predicted molar refractivity (Wildman–Crippen MR) is 57.5 cm³/mol. The SMILES string of the molecule is CC(=O)/C=C(\Cl)S(=O)c1ccccc1. The van der Waals surface area contributed by atoms with Crippen LogP contribution in [0.4, 0.5) is 0 Å². The second-order valence-corrected chi connectivity index (χ2v) is 4.72. The van der Waals surface area contributed by atoms with Gasteiger partial charge in [0.05, 0.1) is 10.8 Å². The molecule has 0 aromatic heterocycles. The lowest BCUT2D eigenvalue weighted by atomic mass is 10.4. The summed E-state index contributed by atoms with van der Waals surface area (Å²) in [5.74, 6) is -0.209. The van der Waals surface area contributed by atoms with Crippen LogP contribution in [0.25, 0.3) is 0 Å². The first-order valence-electron chi connectivity index (χ1n) is 3.96. The maximum atomic E-state index is 11.6. The number of carbonyl (C=O) groups is 1. The van der Waals surface area contributed by atoms with E-state index in [9.17, 15) is 9.00 Å². The maximum Gasteiger partial charge on any atom is 0.154 e. The van der Waals surface area contributed by atoms with Crippen molar-refractivity contribution in [3.63, 3.8) is 0 Å². The van der Waals surface area contributed by atoms with Crippen LogP contribution in [0.2, 0.25) is 0 Å². The first kappa shape index (κ1) is 11.1. The maximum absolute atomic E-state index is 11.6. The highest BCUT2D eigenvalue weighted by atomic mass is 35.5. The lowest BCUT2D eigenvalue weighted by Gasteiger charge is -1.98. The molecule has 1 atom stereocenters. The number of hydrogen-bond donors (Lipinski definition) is 0. The third-order valence-electron chi connectivity index (χ3n) is 1.45. The Morgan fingerprint density at radius 3 is 2.43 bits per heavy atom. The summed E-state index contributed by atoms with van der Waals surface area (Å²) in [6, 6.07) is 8.76. The lowest BCUT2D eigenvalue weighted by Crippen LogP contribution is -1.93. The summed E-state index contributed by atoms with van der Waals surface area (Å²) in [6.07, 6.45) is 1.17. The van der Waals surface area contributed by atoms with E-state index in [1.807, 2.05) is 6.07 Å². The van der Waals surface area contributed by atoms with E-state index in [-0.39, 0.29) is 10.1 Å². The summed E-state index contributed by atoms with van der Waals surface area (Å²) >= 11 is 5.70. The first-order valence-corrected chi connectivity index (χ1v) is 5.48. The summed E-state index contributed by atoms with van der Waals surface area (Å²) in [5, 5.41) is 0. The van der Waals surface area contributed by atoms with Gasteiger partial charge in [-0.15, -0.1) is 0 Å². The quantitative estimate of drug-likeness (QED) is 0.745. The van der Waals surface area contributed by atoms with Crippen molar-refractivity contribution in [2.24, 2.45) is 0 Å². The third-order valence-corrected chi connectivity index (χ3v) is 3.15. The topological polar surface area (TPSA) is 34.1 Å². The average molecular weight is 229 g/mol. The lowest BCUT2D eigenvalue weighted by molar-refractivity contribution is -0.112. The molecule has 74 valence electrons. The van der Waals surface area contributed by atoms with E-state index in [1.165, 1.54) is 13.0 Å². The number of rotatable bonds is 3. The minimum atomic E-state index is -1.44. The van der Waals surface area contributed by atoms with Crippen molar-refractivity contribution in [2.45, 2.75) is 11.8 Å². The normalized spacial score (nSPS) is 13.7. The van der Waals surface area contributed by atoms with Crippen LogP contribution in [0.15, 0.2) is 45.7 Å². The third kappa shape index (κ3) is 3.09. The summed E-state index contributed by atoms with van der Waals surface area (Å²) in [6.45, 7) is 1.37. The highest BCUT2D eigenvalue weighted by Gasteiger charge is 2.07. The highest BCUT2D eigenvalue weighted by Crippen LogP contribution is 2.16. The van der Waals surface area contributed by atoms with Crippen LogP contribution in [0.5, 0.6) is 0 Å². The van der Waals surface area contributed by atoms with Crippen LogP contribution >= 0.6 is 11.6 Å². The monoisotopic (exact) mass is 228 g/mol. The molecule has 1 aromatic rings. The molecular formula is C10H9ClO2S. The second kappa shape index (κ2) is 5.08. The number of hydrogen-bond acceptors (Lipinski definition) is 2. The van der Waals surface area contributed by atoms with Crippen LogP contribution in [0, 0.1) is 0 Å². The van der Waals surface area contributed by atoms with Crippen molar-refractivity contribution in [3.8, 4) is 0 Å². The van der Waals surface area contributed by atoms with Gasteiger partial charge in [-0.1, -0.05) is 29.8 Å². The van der Waals surface area contributed by atoms with Crippen molar-refractivity contribution in [1.29, 1.82) is 0 Å². The van der Waals surface area contributed by atoms with Gasteiger partial charge in [-0.3, -0.25) is 4.79 Å². The van der Waals surface area contributed by atoms with Gasteiger partial charge >= 0.3 is 0 Å². The Morgan fingerprint density at radius 1 is 1.36 bits per heavy atom. The van der Waals surface area contributed by atoms with Crippen LogP contribution in [0.1, 0.15) is 6.92 Å². The zero-order valence-corrected chi connectivity index (χ0v) is 9.14. The van der Waals surface area contributed by atoms with Gasteiger partial charge in [-0.05, 0) is 19.1 Å². The largest absolute Gasteiger partial charge is 0.295 e. The molecule has 2 nitrogen and oxygen atoms in total. The first-order chi connectivity index (χ1) is 6.61. The van der Waals surface area contributed by atoms with E-state index in [2.05, 4.69) is 0 Å². The Labute approximate surface area is 90.0 Å². The molecule has 0 heterocycles. The Balaban J connectivity index is 2.92. The Hall–Kier alpha value is -0.930. The average Bonchev–Trinajstić information content (AvgIpc) is 2.17. The van der Waals surface area contributed by atoms with Gasteiger partial charge in [0.25, 0.3) is 0 Å². The molecule has 0 radical (unpaired) electrons. The van der Waals surface area contributed by atoms with E-state index in [4.69, 9.17) is 11.6 Å². The van der Waals surface area contributed by atoms with Gasteiger partial charge in [-0.2, -0.15) is 0 Å². The minimum absolute atomic E-state index is 0.0590. The van der Waals surface area contributed by atoms with Gasteiger partial charge in [0.15, 0.2) is 5.78 Å². The van der Waals surface area contributed by atoms with E-state index < -0.39 is 10.8 Å². The highest BCUT2D eigenvalue weighted by molar-refractivity contribution is 7.90. The van der Waals surface area contributed by atoms with E-state index in [1.54, 1.807) is 24.3 Å². The molecule has 1 unspecified atom stereocenters. The second-order valence-electron chi connectivity index (χ2n) is 2.64. The van der Waals surface area contributed by atoms with E-state index in [0.717, 1.165) is 0 Å². The molecule has 0 spiro atoms. The molecule has 0 fully saturated rings. The molecule has 0 saturated heterocycles. The minimum Gasteiger partial charge on any atom is -0.295 e. The number of halogens is 1. The van der Waals surface area contributed by atoms with Crippen molar-refractivity contribution in [3.05, 3.63) is 40.8 Å². The number of carbonyl (C=O) groups excluding carboxylic acids is 1. The number of benzene rings is 1. The van der Waals surface area contributed by atoms with Crippen LogP contribution in [-0.2, 0) is 15.6 Å². The van der Waals surface area contributed by atoms with Crippen LogP contribution in [-0.4, -0.2) is 9.99 Å². The zero-order valence-electron chi connectivity index (χ0n) is 7.57.